The maximum absolute atomic E-state index is 12.7. The molecule has 0 aliphatic carbocycles. The summed E-state index contributed by atoms with van der Waals surface area (Å²) in [5.74, 6) is 0.736. The highest BCUT2D eigenvalue weighted by atomic mass is 79.9. The summed E-state index contributed by atoms with van der Waals surface area (Å²) in [4.78, 5) is 26.2. The Bertz CT molecular complexity index is 802. The predicted molar refractivity (Wildman–Crippen MR) is 112 cm³/mol. The average Bonchev–Trinajstić information content (AvgIpc) is 2.62. The Labute approximate surface area is 168 Å². The Morgan fingerprint density at radius 1 is 1.11 bits per heavy atom. The van der Waals surface area contributed by atoms with Crippen LogP contribution in [0.15, 0.2) is 46.9 Å². The van der Waals surface area contributed by atoms with Crippen molar-refractivity contribution in [3.05, 3.63) is 58.1 Å². The Hall–Kier alpha value is -2.34. The summed E-state index contributed by atoms with van der Waals surface area (Å²) in [5, 5.41) is 2.86. The summed E-state index contributed by atoms with van der Waals surface area (Å²) < 4.78 is 6.61. The van der Waals surface area contributed by atoms with Crippen LogP contribution in [-0.2, 0) is 0 Å². The van der Waals surface area contributed by atoms with Crippen LogP contribution in [0.4, 0.5) is 5.69 Å². The quantitative estimate of drug-likeness (QED) is 0.681. The van der Waals surface area contributed by atoms with Gasteiger partial charge in [-0.05, 0) is 54.8 Å². The van der Waals surface area contributed by atoms with E-state index in [9.17, 15) is 9.59 Å². The molecular weight excluding hydrogens is 408 g/mol. The van der Waals surface area contributed by atoms with E-state index >= 15 is 0 Å². The molecule has 0 saturated carbocycles. The lowest BCUT2D eigenvalue weighted by molar-refractivity contribution is 0.0827. The number of anilines is 1. The van der Waals surface area contributed by atoms with E-state index in [1.54, 1.807) is 50.5 Å². The zero-order valence-corrected chi connectivity index (χ0v) is 17.7. The number of carbonyl (C=O) groups excluding carboxylic acids is 2. The topological polar surface area (TPSA) is 58.6 Å². The van der Waals surface area contributed by atoms with E-state index in [1.807, 2.05) is 6.07 Å². The van der Waals surface area contributed by atoms with Crippen LogP contribution in [-0.4, -0.2) is 37.4 Å². The molecule has 0 saturated heterocycles. The number of benzene rings is 2. The van der Waals surface area contributed by atoms with Gasteiger partial charge in [0.2, 0.25) is 0 Å². The van der Waals surface area contributed by atoms with Gasteiger partial charge in [-0.2, -0.15) is 0 Å². The van der Waals surface area contributed by atoms with Crippen LogP contribution in [0.1, 0.15) is 41.0 Å². The third-order valence-electron chi connectivity index (χ3n) is 3.93. The van der Waals surface area contributed by atoms with Crippen molar-refractivity contribution in [1.82, 2.24) is 4.90 Å². The van der Waals surface area contributed by atoms with Gasteiger partial charge in [0.1, 0.15) is 5.75 Å². The Morgan fingerprint density at radius 3 is 2.37 bits per heavy atom. The van der Waals surface area contributed by atoms with E-state index in [0.29, 0.717) is 35.1 Å². The van der Waals surface area contributed by atoms with Crippen LogP contribution >= 0.6 is 15.9 Å². The van der Waals surface area contributed by atoms with Gasteiger partial charge in [0.25, 0.3) is 11.8 Å². The number of hydrogen-bond acceptors (Lipinski definition) is 3. The third-order valence-corrected chi connectivity index (χ3v) is 4.43. The van der Waals surface area contributed by atoms with Crippen LogP contribution in [0.5, 0.6) is 5.75 Å². The van der Waals surface area contributed by atoms with Gasteiger partial charge in [-0.3, -0.25) is 9.59 Å². The molecule has 0 heterocycles. The molecule has 0 unspecified atom stereocenters. The van der Waals surface area contributed by atoms with Gasteiger partial charge in [-0.15, -0.1) is 0 Å². The minimum absolute atomic E-state index is 0.0827. The van der Waals surface area contributed by atoms with Gasteiger partial charge >= 0.3 is 0 Å². The first kappa shape index (κ1) is 21.0. The number of hydrogen-bond donors (Lipinski definition) is 1. The SMILES string of the molecule is CC(C)CCOc1ccc(Br)cc1C(=O)Nc1ccc(C(=O)N(C)C)cc1. The summed E-state index contributed by atoms with van der Waals surface area (Å²) in [6.45, 7) is 4.81. The minimum Gasteiger partial charge on any atom is -0.493 e. The van der Waals surface area contributed by atoms with Crippen LogP contribution in [0.25, 0.3) is 0 Å². The molecule has 1 N–H and O–H groups in total. The fraction of sp³-hybridized carbons (Fsp3) is 0.333. The molecule has 0 fully saturated rings. The van der Waals surface area contributed by atoms with Crippen molar-refractivity contribution in [2.24, 2.45) is 5.92 Å². The average molecular weight is 433 g/mol. The fourth-order valence-corrected chi connectivity index (χ4v) is 2.72. The highest BCUT2D eigenvalue weighted by Crippen LogP contribution is 2.25. The normalized spacial score (nSPS) is 10.6. The number of rotatable bonds is 7. The van der Waals surface area contributed by atoms with Crippen molar-refractivity contribution in [2.75, 3.05) is 26.0 Å². The van der Waals surface area contributed by atoms with Crippen molar-refractivity contribution in [3.63, 3.8) is 0 Å². The smallest absolute Gasteiger partial charge is 0.259 e. The molecule has 2 aromatic carbocycles. The Morgan fingerprint density at radius 2 is 1.78 bits per heavy atom. The summed E-state index contributed by atoms with van der Waals surface area (Å²) in [6.07, 6.45) is 0.915. The first-order valence-corrected chi connectivity index (χ1v) is 9.62. The molecule has 0 aromatic heterocycles. The zero-order chi connectivity index (χ0) is 20.0. The monoisotopic (exact) mass is 432 g/mol. The second-order valence-corrected chi connectivity index (χ2v) is 7.82. The van der Waals surface area contributed by atoms with Crippen molar-refractivity contribution in [2.45, 2.75) is 20.3 Å². The van der Waals surface area contributed by atoms with Gasteiger partial charge in [0.15, 0.2) is 0 Å². The molecule has 5 nitrogen and oxygen atoms in total. The number of amides is 2. The molecule has 0 spiro atoms. The summed E-state index contributed by atoms with van der Waals surface area (Å²) in [5.41, 5.74) is 1.64. The number of nitrogens with one attached hydrogen (secondary N) is 1. The number of nitrogens with zero attached hydrogens (tertiary/aromatic N) is 1. The summed E-state index contributed by atoms with van der Waals surface area (Å²) >= 11 is 3.40. The Kier molecular flexibility index (Phi) is 7.42. The van der Waals surface area contributed by atoms with Crippen molar-refractivity contribution in [3.8, 4) is 5.75 Å². The molecule has 2 aromatic rings. The van der Waals surface area contributed by atoms with E-state index in [2.05, 4.69) is 35.1 Å². The lowest BCUT2D eigenvalue weighted by atomic mass is 10.1. The van der Waals surface area contributed by atoms with Gasteiger partial charge in [-0.1, -0.05) is 29.8 Å². The molecule has 0 atom stereocenters. The molecular formula is C21H25BrN2O3. The largest absolute Gasteiger partial charge is 0.493 e. The van der Waals surface area contributed by atoms with Gasteiger partial charge < -0.3 is 15.0 Å². The molecule has 2 rings (SSSR count). The molecule has 2 amide bonds. The zero-order valence-electron chi connectivity index (χ0n) is 16.1. The van der Waals surface area contributed by atoms with Crippen LogP contribution in [0.3, 0.4) is 0 Å². The lowest BCUT2D eigenvalue weighted by Gasteiger charge is -2.14. The van der Waals surface area contributed by atoms with Crippen LogP contribution < -0.4 is 10.1 Å². The maximum Gasteiger partial charge on any atom is 0.259 e. The summed E-state index contributed by atoms with van der Waals surface area (Å²) in [6, 6.07) is 12.2. The summed E-state index contributed by atoms with van der Waals surface area (Å²) in [7, 11) is 3.40. The molecule has 6 heteroatoms. The Balaban J connectivity index is 2.13. The second-order valence-electron chi connectivity index (χ2n) is 6.90. The van der Waals surface area contributed by atoms with E-state index in [1.165, 1.54) is 4.90 Å². The van der Waals surface area contributed by atoms with Crippen molar-refractivity contribution < 1.29 is 14.3 Å². The van der Waals surface area contributed by atoms with Gasteiger partial charge in [-0.25, -0.2) is 0 Å². The van der Waals surface area contributed by atoms with E-state index in [4.69, 9.17) is 4.74 Å². The molecule has 27 heavy (non-hydrogen) atoms. The van der Waals surface area contributed by atoms with Crippen LogP contribution in [0, 0.1) is 5.92 Å². The van der Waals surface area contributed by atoms with Gasteiger partial charge in [0, 0.05) is 29.8 Å². The first-order chi connectivity index (χ1) is 12.8. The van der Waals surface area contributed by atoms with Gasteiger partial charge in [0.05, 0.1) is 12.2 Å². The third kappa shape index (κ3) is 6.10. The standard InChI is InChI=1S/C21H25BrN2O3/c1-14(2)11-12-27-19-10-7-16(22)13-18(19)20(25)23-17-8-5-15(6-9-17)21(26)24(3)4/h5-10,13-14H,11-12H2,1-4H3,(H,23,25). The highest BCUT2D eigenvalue weighted by molar-refractivity contribution is 9.10. The lowest BCUT2D eigenvalue weighted by Crippen LogP contribution is -2.21. The van der Waals surface area contributed by atoms with Crippen LogP contribution in [0.2, 0.25) is 0 Å². The molecule has 0 bridgehead atoms. The molecule has 0 aliphatic rings. The second kappa shape index (κ2) is 9.55. The fourth-order valence-electron chi connectivity index (χ4n) is 2.36. The predicted octanol–water partition coefficient (Wildman–Crippen LogP) is 4.83. The number of halogens is 1. The van der Waals surface area contributed by atoms with Crippen molar-refractivity contribution >= 4 is 33.4 Å². The highest BCUT2D eigenvalue weighted by Gasteiger charge is 2.15. The molecule has 144 valence electrons. The minimum atomic E-state index is -0.262. The number of carbonyl (C=O) groups is 2. The molecule has 0 aliphatic heterocycles. The molecule has 0 radical (unpaired) electrons. The maximum atomic E-state index is 12.7. The van der Waals surface area contributed by atoms with Crippen molar-refractivity contribution in [1.29, 1.82) is 0 Å². The first-order valence-electron chi connectivity index (χ1n) is 8.83. The van der Waals surface area contributed by atoms with E-state index < -0.39 is 0 Å². The van der Waals surface area contributed by atoms with E-state index in [-0.39, 0.29) is 11.8 Å². The number of ether oxygens (including phenoxy) is 1. The van der Waals surface area contributed by atoms with E-state index in [0.717, 1.165) is 10.9 Å².